The van der Waals surface area contributed by atoms with E-state index in [1.54, 1.807) is 0 Å². The number of oxime groups is 1. The molecule has 4 rings (SSSR count). The Morgan fingerprint density at radius 1 is 1.45 bits per heavy atom. The Labute approximate surface area is 179 Å². The van der Waals surface area contributed by atoms with Gasteiger partial charge in [-0.3, -0.25) is 9.69 Å². The number of nitriles is 1. The molecule has 11 heteroatoms. The lowest BCUT2D eigenvalue weighted by Crippen LogP contribution is -2.49. The number of rotatable bonds is 6. The minimum Gasteiger partial charge on any atom is -0.667 e. The Bertz CT molecular complexity index is 785. The van der Waals surface area contributed by atoms with Crippen LogP contribution in [0.25, 0.3) is 5.73 Å². The van der Waals surface area contributed by atoms with Crippen LogP contribution in [0, 0.1) is 11.3 Å². The van der Waals surface area contributed by atoms with Crippen molar-refractivity contribution in [1.29, 1.82) is 5.26 Å². The minimum absolute atomic E-state index is 0.178. The van der Waals surface area contributed by atoms with Gasteiger partial charge in [0, 0.05) is 25.4 Å². The summed E-state index contributed by atoms with van der Waals surface area (Å²) in [5.74, 6) is -4.77. The van der Waals surface area contributed by atoms with Crippen LogP contribution in [0.2, 0.25) is 0 Å². The molecule has 0 aromatic heterocycles. The number of alkyl halides is 2. The molecule has 172 valence electrons. The Kier molecular flexibility index (Phi) is 6.53. The van der Waals surface area contributed by atoms with E-state index < -0.39 is 35.8 Å². The van der Waals surface area contributed by atoms with Crippen LogP contribution < -0.4 is 5.32 Å². The number of piperidine rings is 1. The fraction of sp³-hybridized carbons (Fsp3) is 0.800. The average molecular weight is 440 g/mol. The standard InChI is InChI=1S/C11H16N2O3.C9H12F2N3O/c14-10(15)9-6-11(16-12-9)4-1-5-13(7-11)8-2-3-8;1-8(10,11)4-6(13)7(15)14-9(5-12)2-3-9/h8H,1-7H2,(H,14,15);6,13H,2-4H2,1H3,(H,14,15)/q;-1/t;6-/m.0/s1. The molecular formula is C20H28F2N5O4-. The molecule has 31 heavy (non-hydrogen) atoms. The van der Waals surface area contributed by atoms with Crippen molar-refractivity contribution >= 4 is 17.6 Å². The number of carbonyl (C=O) groups is 2. The highest BCUT2D eigenvalue weighted by Gasteiger charge is 2.47. The zero-order chi connectivity index (χ0) is 22.9. The van der Waals surface area contributed by atoms with E-state index in [0.717, 1.165) is 32.0 Å². The van der Waals surface area contributed by atoms with Crippen molar-refractivity contribution in [3.05, 3.63) is 5.73 Å². The third-order valence-electron chi connectivity index (χ3n) is 5.92. The van der Waals surface area contributed by atoms with Gasteiger partial charge in [0.15, 0.2) is 11.3 Å². The Balaban J connectivity index is 0.000000176. The lowest BCUT2D eigenvalue weighted by atomic mass is 9.88. The maximum absolute atomic E-state index is 12.5. The van der Waals surface area contributed by atoms with Crippen LogP contribution in [0.5, 0.6) is 0 Å². The first-order valence-electron chi connectivity index (χ1n) is 10.5. The smallest absolute Gasteiger partial charge is 0.353 e. The number of carboxylic acid groups (broad SMARTS) is 1. The lowest BCUT2D eigenvalue weighted by Gasteiger charge is -2.38. The Hall–Kier alpha value is -2.32. The number of halogens is 2. The summed E-state index contributed by atoms with van der Waals surface area (Å²) in [6, 6.07) is 1.10. The van der Waals surface area contributed by atoms with E-state index in [1.165, 1.54) is 12.8 Å². The Morgan fingerprint density at radius 2 is 2.13 bits per heavy atom. The van der Waals surface area contributed by atoms with Crippen LogP contribution in [0.4, 0.5) is 8.78 Å². The van der Waals surface area contributed by atoms with Gasteiger partial charge in [0.2, 0.25) is 11.8 Å². The number of hydrogen-bond donors (Lipinski definition) is 2. The first-order chi connectivity index (χ1) is 14.5. The van der Waals surface area contributed by atoms with Crippen molar-refractivity contribution in [2.45, 2.75) is 87.4 Å². The number of aliphatic carboxylic acids is 1. The van der Waals surface area contributed by atoms with Crippen LogP contribution in [0.1, 0.15) is 58.3 Å². The van der Waals surface area contributed by atoms with Gasteiger partial charge in [-0.05, 0) is 52.0 Å². The molecule has 2 saturated carbocycles. The topological polar surface area (TPSA) is 139 Å². The highest BCUT2D eigenvalue weighted by atomic mass is 19.3. The molecule has 0 aromatic carbocycles. The largest absolute Gasteiger partial charge is 0.667 e. The summed E-state index contributed by atoms with van der Waals surface area (Å²) >= 11 is 0. The number of nitrogens with one attached hydrogen (secondary N) is 2. The van der Waals surface area contributed by atoms with Gasteiger partial charge in [-0.15, -0.1) is 0 Å². The maximum atomic E-state index is 12.5. The molecule has 0 aromatic rings. The summed E-state index contributed by atoms with van der Waals surface area (Å²) in [6.45, 7) is 2.63. The highest BCUT2D eigenvalue weighted by molar-refractivity contribution is 6.36. The predicted molar refractivity (Wildman–Crippen MR) is 106 cm³/mol. The fourth-order valence-electron chi connectivity index (χ4n) is 3.90. The zero-order valence-corrected chi connectivity index (χ0v) is 17.5. The number of likely N-dealkylation sites (tertiary alicyclic amines) is 1. The molecule has 1 spiro atoms. The molecule has 3 fully saturated rings. The summed E-state index contributed by atoms with van der Waals surface area (Å²) in [5, 5.41) is 23.6. The molecule has 9 nitrogen and oxygen atoms in total. The van der Waals surface area contributed by atoms with Gasteiger partial charge in [-0.2, -0.15) is 5.26 Å². The molecule has 4 aliphatic rings. The average Bonchev–Trinajstić information content (AvgIpc) is 3.61. The number of nitrogens with zero attached hydrogens (tertiary/aromatic N) is 3. The first kappa shape index (κ1) is 23.3. The molecule has 1 unspecified atom stereocenters. The summed E-state index contributed by atoms with van der Waals surface area (Å²) in [7, 11) is 0. The second-order valence-corrected chi connectivity index (χ2v) is 9.11. The minimum atomic E-state index is -3.03. The van der Waals surface area contributed by atoms with Gasteiger partial charge < -0.3 is 21.0 Å². The van der Waals surface area contributed by atoms with E-state index in [0.29, 0.717) is 26.2 Å². The van der Waals surface area contributed by atoms with E-state index in [-0.39, 0.29) is 11.3 Å². The molecule has 2 aliphatic heterocycles. The van der Waals surface area contributed by atoms with Gasteiger partial charge in [0.25, 0.3) is 0 Å². The second-order valence-electron chi connectivity index (χ2n) is 9.11. The number of carbonyl (C=O) groups excluding carboxylic acids is 1. The van der Waals surface area contributed by atoms with Gasteiger partial charge in [-0.25, -0.2) is 13.6 Å². The van der Waals surface area contributed by atoms with E-state index in [2.05, 4.69) is 15.4 Å². The fourth-order valence-corrected chi connectivity index (χ4v) is 3.90. The van der Waals surface area contributed by atoms with E-state index in [1.807, 2.05) is 6.07 Å². The molecule has 1 amide bonds. The van der Waals surface area contributed by atoms with Crippen molar-refractivity contribution < 1.29 is 28.3 Å². The number of carboxylic acids is 1. The number of hydrogen-bond acceptors (Lipinski definition) is 6. The third-order valence-corrected chi connectivity index (χ3v) is 5.92. The highest BCUT2D eigenvalue weighted by Crippen LogP contribution is 2.38. The molecule has 3 N–H and O–H groups in total. The molecule has 0 bridgehead atoms. The van der Waals surface area contributed by atoms with Crippen LogP contribution in [0.15, 0.2) is 5.16 Å². The first-order valence-corrected chi connectivity index (χ1v) is 10.5. The van der Waals surface area contributed by atoms with Crippen LogP contribution in [0.3, 0.4) is 0 Å². The molecule has 2 heterocycles. The summed E-state index contributed by atoms with van der Waals surface area (Å²) < 4.78 is 25.0. The molecule has 1 saturated heterocycles. The molecule has 2 atom stereocenters. The van der Waals surface area contributed by atoms with Gasteiger partial charge >= 0.3 is 5.97 Å². The monoisotopic (exact) mass is 440 g/mol. The van der Waals surface area contributed by atoms with E-state index in [4.69, 9.17) is 20.9 Å². The predicted octanol–water partition coefficient (Wildman–Crippen LogP) is 2.47. The van der Waals surface area contributed by atoms with Gasteiger partial charge in [-0.1, -0.05) is 11.2 Å². The van der Waals surface area contributed by atoms with Gasteiger partial charge in [0.1, 0.15) is 5.54 Å². The maximum Gasteiger partial charge on any atom is 0.353 e. The van der Waals surface area contributed by atoms with Crippen molar-refractivity contribution in [3.63, 3.8) is 0 Å². The molecular weight excluding hydrogens is 412 g/mol. The summed E-state index contributed by atoms with van der Waals surface area (Å²) in [6.07, 6.45) is 5.28. The van der Waals surface area contributed by atoms with Crippen molar-refractivity contribution in [2.24, 2.45) is 5.16 Å². The van der Waals surface area contributed by atoms with Crippen LogP contribution >= 0.6 is 0 Å². The van der Waals surface area contributed by atoms with Crippen molar-refractivity contribution in [3.8, 4) is 6.07 Å². The normalized spacial score (nSPS) is 27.8. The van der Waals surface area contributed by atoms with E-state index in [9.17, 15) is 18.4 Å². The van der Waals surface area contributed by atoms with Crippen LogP contribution in [-0.2, 0) is 14.4 Å². The van der Waals surface area contributed by atoms with Gasteiger partial charge in [0.05, 0.1) is 6.07 Å². The number of amides is 1. The van der Waals surface area contributed by atoms with E-state index >= 15 is 0 Å². The molecule has 2 aliphatic carbocycles. The third kappa shape index (κ3) is 6.33. The lowest BCUT2D eigenvalue weighted by molar-refractivity contribution is -0.129. The SMILES string of the molecule is CC(F)(F)C[C@H]([NH-])C(=O)NC1(C#N)CC1.O=C(O)C1=NOC2(CCCN(C3CC3)C2)C1. The van der Waals surface area contributed by atoms with Crippen molar-refractivity contribution in [1.82, 2.24) is 10.2 Å². The Morgan fingerprint density at radius 3 is 2.61 bits per heavy atom. The zero-order valence-electron chi connectivity index (χ0n) is 17.5. The molecule has 0 radical (unpaired) electrons. The summed E-state index contributed by atoms with van der Waals surface area (Å²) in [5.41, 5.74) is 6.17. The van der Waals surface area contributed by atoms with Crippen molar-refractivity contribution in [2.75, 3.05) is 13.1 Å². The second kappa shape index (κ2) is 8.67. The van der Waals surface area contributed by atoms with Crippen LogP contribution in [-0.4, -0.2) is 69.8 Å². The quantitative estimate of drug-likeness (QED) is 0.650. The summed E-state index contributed by atoms with van der Waals surface area (Å²) in [4.78, 5) is 29.9.